The van der Waals surface area contributed by atoms with Gasteiger partial charge in [-0.05, 0) is 86.7 Å². The van der Waals surface area contributed by atoms with Crippen LogP contribution in [-0.2, 0) is 36.8 Å². The Hall–Kier alpha value is -6.08. The molecule has 6 amide bonds. The number of amides is 6. The maximum absolute atomic E-state index is 13.7. The molecule has 4 aromatic carbocycles. The van der Waals surface area contributed by atoms with Crippen LogP contribution in [0.25, 0.3) is 21.5 Å². The molecule has 2 aliphatic rings. The van der Waals surface area contributed by atoms with E-state index in [1.165, 1.54) is 34.1 Å². The van der Waals surface area contributed by atoms with Crippen molar-refractivity contribution in [3.8, 4) is 0 Å². The molecule has 0 spiro atoms. The second kappa shape index (κ2) is 32.4. The topological polar surface area (TPSA) is 229 Å². The fraction of sp³-hybridized carbons (Fsp3) is 0.393. The van der Waals surface area contributed by atoms with Gasteiger partial charge in [-0.15, -0.1) is 0 Å². The number of carbonyl (C=O) groups excluding carboxylic acids is 4. The van der Waals surface area contributed by atoms with E-state index in [0.29, 0.717) is 48.7 Å². The number of hydrogen-bond acceptors (Lipinski definition) is 12. The SMILES string of the molecule is C.C.CN(C(=O)NCc1cccc(F)c1Cl)[C@H](CO)C[C@@H]1COC(C)(C)O1.CN(C(=O)NCc1cccc(F)c1Cl)[C@H](COC(=O)Nc1cc2ccccc2cn1)C[C@@H]1COC(C)(C)O1.NC(=O)c1cc2ccccc2cn1.S.S. The Bertz CT molecular complexity index is 2990. The van der Waals surface area contributed by atoms with Crippen LogP contribution in [0.3, 0.4) is 0 Å². The molecule has 438 valence electrons. The average Bonchev–Trinajstić information content (AvgIpc) is 3.94. The van der Waals surface area contributed by atoms with E-state index in [2.05, 4.69) is 25.9 Å². The van der Waals surface area contributed by atoms with Gasteiger partial charge in [0.15, 0.2) is 11.6 Å². The maximum Gasteiger partial charge on any atom is 0.412 e. The minimum Gasteiger partial charge on any atom is -0.447 e. The van der Waals surface area contributed by atoms with Crippen molar-refractivity contribution < 1.29 is 56.7 Å². The monoisotopic (exact) mass is 1190 g/mol. The molecule has 0 bridgehead atoms. The zero-order chi connectivity index (χ0) is 55.2. The van der Waals surface area contributed by atoms with E-state index >= 15 is 0 Å². The number of primary amides is 1. The lowest BCUT2D eigenvalue weighted by Crippen LogP contribution is -2.47. The molecule has 80 heavy (non-hydrogen) atoms. The van der Waals surface area contributed by atoms with Crippen LogP contribution in [0.1, 0.15) is 77.0 Å². The lowest BCUT2D eigenvalue weighted by molar-refractivity contribution is -0.141. The van der Waals surface area contributed by atoms with Crippen molar-refractivity contribution in [3.05, 3.63) is 148 Å². The zero-order valence-corrected chi connectivity index (χ0v) is 47.4. The van der Waals surface area contributed by atoms with Gasteiger partial charge in [-0.25, -0.2) is 28.1 Å². The summed E-state index contributed by atoms with van der Waals surface area (Å²) in [5, 5.41) is 21.4. The van der Waals surface area contributed by atoms with Gasteiger partial charge in [0.1, 0.15) is 29.8 Å². The summed E-state index contributed by atoms with van der Waals surface area (Å²) in [6, 6.07) is 25.8. The summed E-state index contributed by atoms with van der Waals surface area (Å²) in [7, 11) is 3.17. The standard InChI is InChI=1S/C27H30ClFN4O5.C17H24ClFN2O4.C10H8N2O.2CH4.2H2S/c1-27(2)37-16-21(38-27)12-20(33(3)25(34)31-14-19-9-6-10-22(29)24(19)28)15-36-26(35)32-23-11-17-7-4-5-8-18(17)13-30-23;1-17(2)24-10-13(25-17)7-12(9-22)21(3)16(23)20-8-11-5-4-6-14(19)15(11)18;11-10(13)9-5-7-3-1-2-4-8(7)6-12-9;;;;/h4-11,13,20-21H,12,14-16H2,1-3H3,(H,31,34)(H,30,32,35);4-6,12-13,22H,7-10H2,1-3H3,(H,20,23);1-6H,(H2,11,13);2*1H4;2*1H2/t20-,21+;12-,13+;;;;;/m00...../s1. The third kappa shape index (κ3) is 20.5. The fourth-order valence-electron chi connectivity index (χ4n) is 8.03. The molecule has 24 heteroatoms. The third-order valence-electron chi connectivity index (χ3n) is 12.2. The van der Waals surface area contributed by atoms with Crippen LogP contribution in [0.4, 0.5) is 29.0 Å². The molecule has 0 saturated carbocycles. The number of rotatable bonds is 15. The smallest absolute Gasteiger partial charge is 0.412 e. The summed E-state index contributed by atoms with van der Waals surface area (Å²) in [5.41, 5.74) is 6.33. The van der Waals surface area contributed by atoms with E-state index in [-0.39, 0.29) is 90.4 Å². The van der Waals surface area contributed by atoms with E-state index in [9.17, 15) is 33.1 Å². The van der Waals surface area contributed by atoms with E-state index < -0.39 is 59.4 Å². The summed E-state index contributed by atoms with van der Waals surface area (Å²) in [6.07, 6.45) is 2.91. The number of nitrogens with zero attached hydrogens (tertiary/aromatic N) is 4. The molecule has 4 atom stereocenters. The number of likely N-dealkylation sites (N-methyl/N-ethyl adjacent to an activating group) is 2. The van der Waals surface area contributed by atoms with Crippen LogP contribution in [0, 0.1) is 11.6 Å². The van der Waals surface area contributed by atoms with Gasteiger partial charge < -0.3 is 55.0 Å². The molecule has 8 rings (SSSR count). The molecule has 0 unspecified atom stereocenters. The Morgan fingerprint density at radius 3 is 1.59 bits per heavy atom. The lowest BCUT2D eigenvalue weighted by Gasteiger charge is -2.30. The highest BCUT2D eigenvalue weighted by atomic mass is 35.5. The fourth-order valence-corrected chi connectivity index (χ4v) is 8.42. The number of nitrogens with two attached hydrogens (primary N) is 1. The molecule has 2 aliphatic heterocycles. The molecule has 0 radical (unpaired) electrons. The van der Waals surface area contributed by atoms with E-state index in [1.807, 2.05) is 76.2 Å². The van der Waals surface area contributed by atoms with E-state index in [4.69, 9.17) is 52.6 Å². The minimum absolute atomic E-state index is 0. The number of fused-ring (bicyclic) bond motifs is 2. The molecule has 2 aromatic heterocycles. The van der Waals surface area contributed by atoms with E-state index in [1.54, 1.807) is 50.8 Å². The van der Waals surface area contributed by atoms with E-state index in [0.717, 1.165) is 21.5 Å². The summed E-state index contributed by atoms with van der Waals surface area (Å²) in [6.45, 7) is 7.81. The Labute approximate surface area is 490 Å². The molecule has 2 fully saturated rings. The number of anilines is 1. The van der Waals surface area contributed by atoms with Crippen LogP contribution >= 0.6 is 50.2 Å². The normalized spacial score (nSPS) is 16.1. The van der Waals surface area contributed by atoms with Crippen molar-refractivity contribution in [2.45, 2.75) is 104 Å². The highest BCUT2D eigenvalue weighted by molar-refractivity contribution is 7.59. The molecule has 18 nitrogen and oxygen atoms in total. The number of hydrogen-bond donors (Lipinski definition) is 5. The largest absolute Gasteiger partial charge is 0.447 e. The van der Waals surface area contributed by atoms with Crippen LogP contribution in [0.2, 0.25) is 10.0 Å². The van der Waals surface area contributed by atoms with Gasteiger partial charge in [-0.1, -0.05) is 111 Å². The molecule has 0 aliphatic carbocycles. The van der Waals surface area contributed by atoms with Gasteiger partial charge in [0.05, 0.1) is 54.2 Å². The maximum atomic E-state index is 13.7. The number of halogens is 4. The summed E-state index contributed by atoms with van der Waals surface area (Å²) in [5.74, 6) is -2.64. The lowest BCUT2D eigenvalue weighted by atomic mass is 10.1. The van der Waals surface area contributed by atoms with Crippen LogP contribution in [0.5, 0.6) is 0 Å². The van der Waals surface area contributed by atoms with Crippen LogP contribution in [-0.4, -0.2) is 125 Å². The van der Waals surface area contributed by atoms with Gasteiger partial charge in [0, 0.05) is 50.4 Å². The number of carbonyl (C=O) groups is 4. The van der Waals surface area contributed by atoms with Gasteiger partial charge in [0.25, 0.3) is 5.91 Å². The Kier molecular flexibility index (Phi) is 28.3. The van der Waals surface area contributed by atoms with Crippen molar-refractivity contribution >= 4 is 102 Å². The van der Waals surface area contributed by atoms with Crippen molar-refractivity contribution in [2.24, 2.45) is 5.73 Å². The second-order valence-electron chi connectivity index (χ2n) is 18.7. The predicted molar refractivity (Wildman–Crippen MR) is 318 cm³/mol. The number of urea groups is 2. The first-order chi connectivity index (χ1) is 36.1. The number of ether oxygens (including phenoxy) is 5. The molecule has 4 heterocycles. The van der Waals surface area contributed by atoms with Crippen molar-refractivity contribution in [2.75, 3.05) is 45.8 Å². The number of aromatic nitrogens is 2. The Morgan fingerprint density at radius 2 is 1.14 bits per heavy atom. The molecule has 2 saturated heterocycles. The van der Waals surface area contributed by atoms with Crippen molar-refractivity contribution in [3.63, 3.8) is 0 Å². The number of aliphatic hydroxyl groups excluding tert-OH is 1. The summed E-state index contributed by atoms with van der Waals surface area (Å²) < 4.78 is 55.4. The first kappa shape index (κ1) is 70.0. The summed E-state index contributed by atoms with van der Waals surface area (Å²) in [4.78, 5) is 59.6. The Morgan fingerprint density at radius 1 is 0.700 bits per heavy atom. The van der Waals surface area contributed by atoms with Gasteiger partial charge >= 0.3 is 18.2 Å². The third-order valence-corrected chi connectivity index (χ3v) is 13.1. The molecular formula is C56H74Cl2F2N8O10S2. The van der Waals surface area contributed by atoms with Crippen LogP contribution in [0.15, 0.2) is 109 Å². The van der Waals surface area contributed by atoms with Gasteiger partial charge in [0.2, 0.25) is 0 Å². The summed E-state index contributed by atoms with van der Waals surface area (Å²) >= 11 is 11.9. The molecule has 6 N–H and O–H groups in total. The number of aliphatic hydroxyl groups is 1. The average molecular weight is 1190 g/mol. The first-order valence-corrected chi connectivity index (χ1v) is 24.9. The molecular weight excluding hydrogens is 1120 g/mol. The van der Waals surface area contributed by atoms with Crippen molar-refractivity contribution in [1.29, 1.82) is 0 Å². The minimum atomic E-state index is -0.746. The second-order valence-corrected chi connectivity index (χ2v) is 19.5. The van der Waals surface area contributed by atoms with Gasteiger partial charge in [-0.3, -0.25) is 15.1 Å². The quantitative estimate of drug-likeness (QED) is 0.0647. The zero-order valence-electron chi connectivity index (χ0n) is 43.9. The Balaban J connectivity index is 0.000000448. The van der Waals surface area contributed by atoms with Crippen LogP contribution < -0.4 is 21.7 Å². The highest BCUT2D eigenvalue weighted by Crippen LogP contribution is 2.28. The van der Waals surface area contributed by atoms with Gasteiger partial charge in [-0.2, -0.15) is 27.0 Å². The first-order valence-electron chi connectivity index (χ1n) is 24.2. The predicted octanol–water partition coefficient (Wildman–Crippen LogP) is 10.7. The molecule has 6 aromatic rings. The van der Waals surface area contributed by atoms with Crippen molar-refractivity contribution in [1.82, 2.24) is 30.4 Å². The highest BCUT2D eigenvalue weighted by Gasteiger charge is 2.37. The number of pyridine rings is 2. The number of nitrogens with one attached hydrogen (secondary N) is 3. The number of benzene rings is 4.